The van der Waals surface area contributed by atoms with E-state index in [-0.39, 0.29) is 40.5 Å². The molecule has 0 spiro atoms. The third-order valence-electron chi connectivity index (χ3n) is 9.12. The molecule has 0 amide bonds. The number of ether oxygens (including phenoxy) is 1. The number of hydrogen-bond acceptors (Lipinski definition) is 4. The Morgan fingerprint density at radius 3 is 2.41 bits per heavy atom. The summed E-state index contributed by atoms with van der Waals surface area (Å²) in [7, 11) is 0. The van der Waals surface area contributed by atoms with Gasteiger partial charge in [-0.05, 0) is 80.5 Å². The molecule has 0 aromatic carbocycles. The third-order valence-corrected chi connectivity index (χ3v) is 9.12. The van der Waals surface area contributed by atoms with Gasteiger partial charge in [0.25, 0.3) is 0 Å². The minimum atomic E-state index is -0.192. The Hall–Kier alpha value is -1.19. The molecule has 0 radical (unpaired) electrons. The highest BCUT2D eigenvalue weighted by atomic mass is 16.5. The van der Waals surface area contributed by atoms with Crippen LogP contribution in [0.15, 0.2) is 0 Å². The van der Waals surface area contributed by atoms with Crippen LogP contribution in [0, 0.1) is 40.4 Å². The maximum absolute atomic E-state index is 13.5. The van der Waals surface area contributed by atoms with Gasteiger partial charge in [0.15, 0.2) is 0 Å². The summed E-state index contributed by atoms with van der Waals surface area (Å²) >= 11 is 0. The first-order valence-corrected chi connectivity index (χ1v) is 10.9. The van der Waals surface area contributed by atoms with E-state index in [0.29, 0.717) is 30.0 Å². The van der Waals surface area contributed by atoms with E-state index in [1.165, 1.54) is 6.92 Å². The van der Waals surface area contributed by atoms with Crippen molar-refractivity contribution in [3.8, 4) is 0 Å². The second-order valence-corrected chi connectivity index (χ2v) is 10.4. The number of Topliss-reactive ketones (excluding diaryl/α,β-unsaturated/α-hetero) is 2. The molecule has 4 fully saturated rings. The van der Waals surface area contributed by atoms with Gasteiger partial charge in [0, 0.05) is 25.2 Å². The fourth-order valence-electron chi connectivity index (χ4n) is 8.04. The van der Waals surface area contributed by atoms with E-state index in [1.54, 1.807) is 6.92 Å². The predicted octanol–water partition coefficient (Wildman–Crippen LogP) is 4.35. The average Bonchev–Trinajstić information content (AvgIpc) is 2.91. The van der Waals surface area contributed by atoms with Crippen LogP contribution in [0.2, 0.25) is 0 Å². The van der Waals surface area contributed by atoms with E-state index in [9.17, 15) is 14.4 Å². The first-order valence-electron chi connectivity index (χ1n) is 10.9. The maximum atomic E-state index is 13.5. The van der Waals surface area contributed by atoms with Crippen molar-refractivity contribution >= 4 is 17.5 Å². The molecule has 4 heteroatoms. The summed E-state index contributed by atoms with van der Waals surface area (Å²) in [5, 5.41) is 0. The van der Waals surface area contributed by atoms with Crippen LogP contribution in [0.4, 0.5) is 0 Å². The number of carbonyl (C=O) groups is 3. The number of fused-ring (bicyclic) bond motifs is 5. The molecule has 27 heavy (non-hydrogen) atoms. The van der Waals surface area contributed by atoms with E-state index in [2.05, 4.69) is 13.8 Å². The molecule has 0 bridgehead atoms. The predicted molar refractivity (Wildman–Crippen MR) is 102 cm³/mol. The van der Waals surface area contributed by atoms with Crippen molar-refractivity contribution in [2.45, 2.75) is 85.2 Å². The first-order chi connectivity index (χ1) is 12.7. The van der Waals surface area contributed by atoms with Crippen LogP contribution >= 0.6 is 0 Å². The molecule has 8 atom stereocenters. The standard InChI is InChI=1S/C23H34O4/c1-13(24)18-7-8-19-17-6-5-15-11-16(27-14(2)25)9-10-22(15,3)21(17)20(26)12-23(18,19)4/h15-19,21H,5-12H2,1-4H3/t15-,16-,17-,18-,19+,21+,22-,23+/m1/s1. The molecule has 0 unspecified atom stereocenters. The van der Waals surface area contributed by atoms with Gasteiger partial charge in [0.05, 0.1) is 0 Å². The Morgan fingerprint density at radius 1 is 1.00 bits per heavy atom. The number of esters is 1. The summed E-state index contributed by atoms with van der Waals surface area (Å²) < 4.78 is 5.51. The smallest absolute Gasteiger partial charge is 0.302 e. The first kappa shape index (κ1) is 19.1. The molecule has 0 aromatic heterocycles. The molecule has 4 saturated carbocycles. The van der Waals surface area contributed by atoms with Crippen LogP contribution in [-0.4, -0.2) is 23.6 Å². The zero-order valence-corrected chi connectivity index (χ0v) is 17.3. The van der Waals surface area contributed by atoms with E-state index in [4.69, 9.17) is 4.74 Å². The van der Waals surface area contributed by atoms with Gasteiger partial charge in [-0.1, -0.05) is 13.8 Å². The highest BCUT2D eigenvalue weighted by molar-refractivity contribution is 5.87. The Morgan fingerprint density at radius 2 is 1.74 bits per heavy atom. The molecular formula is C23H34O4. The Labute approximate surface area is 162 Å². The fraction of sp³-hybridized carbons (Fsp3) is 0.870. The molecule has 0 saturated heterocycles. The molecule has 0 N–H and O–H groups in total. The van der Waals surface area contributed by atoms with Gasteiger partial charge in [0.2, 0.25) is 0 Å². The van der Waals surface area contributed by atoms with Crippen LogP contribution in [-0.2, 0) is 19.1 Å². The largest absolute Gasteiger partial charge is 0.463 e. The van der Waals surface area contributed by atoms with Gasteiger partial charge in [-0.15, -0.1) is 0 Å². The van der Waals surface area contributed by atoms with Gasteiger partial charge in [-0.25, -0.2) is 0 Å². The van der Waals surface area contributed by atoms with Gasteiger partial charge < -0.3 is 4.74 Å². The lowest BCUT2D eigenvalue weighted by Gasteiger charge is -2.59. The van der Waals surface area contributed by atoms with Gasteiger partial charge in [-0.3, -0.25) is 14.4 Å². The average molecular weight is 375 g/mol. The fourth-order valence-corrected chi connectivity index (χ4v) is 8.04. The van der Waals surface area contributed by atoms with Crippen molar-refractivity contribution in [1.29, 1.82) is 0 Å². The molecule has 150 valence electrons. The molecule has 4 aliphatic carbocycles. The number of ketones is 2. The lowest BCUT2D eigenvalue weighted by atomic mass is 9.44. The second-order valence-electron chi connectivity index (χ2n) is 10.4. The highest BCUT2D eigenvalue weighted by Crippen LogP contribution is 2.66. The van der Waals surface area contributed by atoms with Crippen molar-refractivity contribution in [3.63, 3.8) is 0 Å². The summed E-state index contributed by atoms with van der Waals surface area (Å²) in [6, 6.07) is 0. The summed E-state index contributed by atoms with van der Waals surface area (Å²) in [6.45, 7) is 7.75. The van der Waals surface area contributed by atoms with Gasteiger partial charge in [0.1, 0.15) is 17.7 Å². The van der Waals surface area contributed by atoms with Crippen LogP contribution in [0.25, 0.3) is 0 Å². The van der Waals surface area contributed by atoms with E-state index >= 15 is 0 Å². The molecule has 0 heterocycles. The number of rotatable bonds is 2. The quantitative estimate of drug-likeness (QED) is 0.675. The topological polar surface area (TPSA) is 60.4 Å². The zero-order valence-electron chi connectivity index (χ0n) is 17.3. The monoisotopic (exact) mass is 374 g/mol. The molecule has 4 aliphatic rings. The van der Waals surface area contributed by atoms with Crippen LogP contribution in [0.3, 0.4) is 0 Å². The minimum absolute atomic E-state index is 0.0228. The van der Waals surface area contributed by atoms with Crippen molar-refractivity contribution in [2.24, 2.45) is 40.4 Å². The SMILES string of the molecule is CC(=O)O[C@@H]1CC[C@]2(C)[C@H](CC[C@H]3[C@H]2C(=O)C[C@@]2(C)[C@@H](C(C)=O)CC[C@@H]32)C1. The van der Waals surface area contributed by atoms with Crippen LogP contribution in [0.1, 0.15) is 79.1 Å². The summed E-state index contributed by atoms with van der Waals surface area (Å²) in [6.07, 6.45) is 7.64. The zero-order chi connectivity index (χ0) is 19.6. The number of carbonyl (C=O) groups excluding carboxylic acids is 3. The van der Waals surface area contributed by atoms with Crippen molar-refractivity contribution in [1.82, 2.24) is 0 Å². The maximum Gasteiger partial charge on any atom is 0.302 e. The van der Waals surface area contributed by atoms with Gasteiger partial charge >= 0.3 is 5.97 Å². The lowest BCUT2D eigenvalue weighted by molar-refractivity contribution is -0.169. The van der Waals surface area contributed by atoms with E-state index in [0.717, 1.165) is 44.9 Å². The lowest BCUT2D eigenvalue weighted by Crippen LogP contribution is -2.58. The minimum Gasteiger partial charge on any atom is -0.463 e. The second kappa shape index (κ2) is 6.42. The van der Waals surface area contributed by atoms with Crippen molar-refractivity contribution in [2.75, 3.05) is 0 Å². The molecule has 4 rings (SSSR count). The van der Waals surface area contributed by atoms with Crippen LogP contribution in [0.5, 0.6) is 0 Å². The molecule has 0 aromatic rings. The molecular weight excluding hydrogens is 340 g/mol. The van der Waals surface area contributed by atoms with E-state index < -0.39 is 0 Å². The Bertz CT molecular complexity index is 669. The normalized spacial score (nSPS) is 49.0. The Balaban J connectivity index is 1.60. The van der Waals surface area contributed by atoms with Crippen molar-refractivity contribution in [3.05, 3.63) is 0 Å². The Kier molecular flexibility index (Phi) is 4.55. The third kappa shape index (κ3) is 2.81. The molecule has 0 aliphatic heterocycles. The summed E-state index contributed by atoms with van der Waals surface area (Å²) in [4.78, 5) is 37.1. The summed E-state index contributed by atoms with van der Waals surface area (Å²) in [5.41, 5.74) is -0.0888. The van der Waals surface area contributed by atoms with Crippen LogP contribution < -0.4 is 0 Å². The van der Waals surface area contributed by atoms with Crippen molar-refractivity contribution < 1.29 is 19.1 Å². The number of hydrogen-bond donors (Lipinski definition) is 0. The summed E-state index contributed by atoms with van der Waals surface area (Å²) in [5.74, 6) is 2.11. The van der Waals surface area contributed by atoms with E-state index in [1.807, 2.05) is 0 Å². The van der Waals surface area contributed by atoms with Gasteiger partial charge in [-0.2, -0.15) is 0 Å². The molecule has 4 nitrogen and oxygen atoms in total. The highest BCUT2D eigenvalue weighted by Gasteiger charge is 2.63.